The van der Waals surface area contributed by atoms with Crippen molar-refractivity contribution in [1.82, 2.24) is 10.2 Å². The quantitative estimate of drug-likeness (QED) is 0.273. The Morgan fingerprint density at radius 1 is 1.60 bits per heavy atom. The van der Waals surface area contributed by atoms with E-state index in [0.717, 1.165) is 4.90 Å². The van der Waals surface area contributed by atoms with Crippen LogP contribution in [0.5, 0.6) is 0 Å². The molecule has 0 radical (unpaired) electrons. The summed E-state index contributed by atoms with van der Waals surface area (Å²) in [4.78, 5) is 11.8. The summed E-state index contributed by atoms with van der Waals surface area (Å²) in [5, 5.41) is 12.3. The van der Waals surface area contributed by atoms with Gasteiger partial charge in [0.15, 0.2) is 5.84 Å². The first kappa shape index (κ1) is 13.3. The van der Waals surface area contributed by atoms with Crippen molar-refractivity contribution >= 4 is 11.9 Å². The molecule has 0 unspecified atom stereocenters. The minimum Gasteiger partial charge on any atom is -0.409 e. The first-order valence-electron chi connectivity index (χ1n) is 3.78. The first-order chi connectivity index (χ1) is 6.76. The largest absolute Gasteiger partial charge is 0.409 e. The number of carbonyl (C=O) groups excluding carboxylic acids is 1. The number of hydrogen-bond acceptors (Lipinski definition) is 3. The minimum absolute atomic E-state index is 0.264. The molecule has 0 aliphatic heterocycles. The van der Waals surface area contributed by atoms with E-state index in [1.165, 1.54) is 7.05 Å². The number of rotatable bonds is 3. The number of carbonyl (C=O) groups is 1. The number of urea groups is 1. The summed E-state index contributed by atoms with van der Waals surface area (Å²) in [6.07, 6.45) is -4.47. The summed E-state index contributed by atoms with van der Waals surface area (Å²) in [5.41, 5.74) is 5.05. The molecule has 0 aromatic carbocycles. The van der Waals surface area contributed by atoms with Crippen LogP contribution in [0.15, 0.2) is 5.16 Å². The lowest BCUT2D eigenvalue weighted by molar-refractivity contribution is -0.123. The van der Waals surface area contributed by atoms with Gasteiger partial charge in [0, 0.05) is 7.05 Å². The average Bonchev–Trinajstić information content (AvgIpc) is 2.12. The highest BCUT2D eigenvalue weighted by molar-refractivity contribution is 5.86. The summed E-state index contributed by atoms with van der Waals surface area (Å²) >= 11 is 0. The predicted octanol–water partition coefficient (Wildman–Crippen LogP) is -0.0635. The van der Waals surface area contributed by atoms with Crippen LogP contribution in [0.2, 0.25) is 0 Å². The lowest BCUT2D eigenvalue weighted by Gasteiger charge is -2.17. The van der Waals surface area contributed by atoms with E-state index in [1.54, 1.807) is 5.32 Å². The van der Waals surface area contributed by atoms with Crippen LogP contribution >= 0.6 is 0 Å². The molecule has 0 spiro atoms. The Hall–Kier alpha value is -1.67. The van der Waals surface area contributed by atoms with Crippen LogP contribution in [0.3, 0.4) is 0 Å². The van der Waals surface area contributed by atoms with Gasteiger partial charge in [0.25, 0.3) is 0 Å². The molecular formula is C6H11F3N4O2. The van der Waals surface area contributed by atoms with Crippen LogP contribution in [0.4, 0.5) is 18.0 Å². The summed E-state index contributed by atoms with van der Waals surface area (Å²) in [5.74, 6) is -0.278. The standard InChI is InChI=1S/C6H11F3N4O2/c1-13(2-4(10)12-15)5(14)11-3-6(7,8)9/h15H,2-3H2,1H3,(H2,10,12)(H,11,14). The third kappa shape index (κ3) is 6.41. The van der Waals surface area contributed by atoms with Crippen molar-refractivity contribution in [2.24, 2.45) is 10.9 Å². The Morgan fingerprint density at radius 2 is 2.13 bits per heavy atom. The molecule has 0 aliphatic rings. The van der Waals surface area contributed by atoms with Gasteiger partial charge in [0.05, 0.1) is 6.54 Å². The maximum Gasteiger partial charge on any atom is 0.405 e. The van der Waals surface area contributed by atoms with Gasteiger partial charge in [0.1, 0.15) is 6.54 Å². The fourth-order valence-electron chi connectivity index (χ4n) is 0.657. The number of oxime groups is 1. The van der Waals surface area contributed by atoms with E-state index < -0.39 is 18.8 Å². The molecule has 0 saturated carbocycles. The third-order valence-electron chi connectivity index (χ3n) is 1.31. The van der Waals surface area contributed by atoms with Crippen molar-refractivity contribution in [3.8, 4) is 0 Å². The second-order valence-electron chi connectivity index (χ2n) is 2.72. The fourth-order valence-corrected chi connectivity index (χ4v) is 0.657. The van der Waals surface area contributed by atoms with E-state index >= 15 is 0 Å². The van der Waals surface area contributed by atoms with E-state index in [4.69, 9.17) is 10.9 Å². The normalized spacial score (nSPS) is 12.4. The molecule has 15 heavy (non-hydrogen) atoms. The molecule has 0 bridgehead atoms. The van der Waals surface area contributed by atoms with Crippen molar-refractivity contribution in [1.29, 1.82) is 0 Å². The number of nitrogens with zero attached hydrogens (tertiary/aromatic N) is 2. The highest BCUT2D eigenvalue weighted by Crippen LogP contribution is 2.12. The molecule has 0 atom stereocenters. The Balaban J connectivity index is 4.01. The van der Waals surface area contributed by atoms with E-state index in [0.29, 0.717) is 0 Å². The molecule has 0 saturated heterocycles. The first-order valence-corrected chi connectivity index (χ1v) is 3.78. The Morgan fingerprint density at radius 3 is 2.53 bits per heavy atom. The van der Waals surface area contributed by atoms with Crippen LogP contribution in [-0.4, -0.2) is 48.3 Å². The molecular weight excluding hydrogens is 217 g/mol. The van der Waals surface area contributed by atoms with Crippen LogP contribution in [0.1, 0.15) is 0 Å². The molecule has 0 fully saturated rings. The van der Waals surface area contributed by atoms with E-state index in [9.17, 15) is 18.0 Å². The maximum atomic E-state index is 11.7. The topological polar surface area (TPSA) is 90.9 Å². The smallest absolute Gasteiger partial charge is 0.405 e. The molecule has 0 heterocycles. The number of likely N-dealkylation sites (N-methyl/N-ethyl adjacent to an activating group) is 1. The Kier molecular flexibility index (Phi) is 4.68. The summed E-state index contributed by atoms with van der Waals surface area (Å²) in [6, 6.07) is -0.959. The van der Waals surface area contributed by atoms with Gasteiger partial charge in [-0.05, 0) is 0 Å². The zero-order valence-electron chi connectivity index (χ0n) is 7.88. The van der Waals surface area contributed by atoms with Gasteiger partial charge in [-0.3, -0.25) is 0 Å². The monoisotopic (exact) mass is 228 g/mol. The number of alkyl halides is 3. The van der Waals surface area contributed by atoms with Gasteiger partial charge in [-0.1, -0.05) is 5.16 Å². The van der Waals surface area contributed by atoms with Gasteiger partial charge < -0.3 is 21.2 Å². The molecule has 0 aromatic heterocycles. The Bertz CT molecular complexity index is 253. The summed E-state index contributed by atoms with van der Waals surface area (Å²) in [7, 11) is 1.21. The number of nitrogens with one attached hydrogen (secondary N) is 1. The molecule has 88 valence electrons. The van der Waals surface area contributed by atoms with Crippen molar-refractivity contribution in [2.75, 3.05) is 20.1 Å². The summed E-state index contributed by atoms with van der Waals surface area (Å²) < 4.78 is 35.1. The van der Waals surface area contributed by atoms with Gasteiger partial charge in [-0.15, -0.1) is 0 Å². The number of halogens is 3. The summed E-state index contributed by atoms with van der Waals surface area (Å²) in [6.45, 7) is -1.69. The fraction of sp³-hybridized carbons (Fsp3) is 0.667. The molecule has 2 amide bonds. The number of amides is 2. The van der Waals surface area contributed by atoms with Crippen LogP contribution < -0.4 is 11.1 Å². The molecule has 4 N–H and O–H groups in total. The number of amidine groups is 1. The van der Waals surface area contributed by atoms with Crippen molar-refractivity contribution in [3.05, 3.63) is 0 Å². The SMILES string of the molecule is CN(CC(N)=NO)C(=O)NCC(F)(F)F. The van der Waals surface area contributed by atoms with Gasteiger partial charge in [0.2, 0.25) is 0 Å². The van der Waals surface area contributed by atoms with E-state index in [2.05, 4.69) is 5.16 Å². The zero-order valence-corrected chi connectivity index (χ0v) is 7.88. The number of hydrogen-bond donors (Lipinski definition) is 3. The van der Waals surface area contributed by atoms with Crippen molar-refractivity contribution in [2.45, 2.75) is 6.18 Å². The molecule has 0 rings (SSSR count). The van der Waals surface area contributed by atoms with Gasteiger partial charge in [-0.2, -0.15) is 13.2 Å². The number of nitrogens with two attached hydrogens (primary N) is 1. The Labute approximate surface area is 83.5 Å². The molecule has 6 nitrogen and oxygen atoms in total. The lowest BCUT2D eigenvalue weighted by Crippen LogP contribution is -2.44. The average molecular weight is 228 g/mol. The highest BCUT2D eigenvalue weighted by Gasteiger charge is 2.28. The second kappa shape index (κ2) is 5.27. The molecule has 0 aliphatic carbocycles. The molecule has 0 aromatic rings. The third-order valence-corrected chi connectivity index (χ3v) is 1.31. The maximum absolute atomic E-state index is 11.7. The van der Waals surface area contributed by atoms with Gasteiger partial charge >= 0.3 is 12.2 Å². The van der Waals surface area contributed by atoms with Crippen LogP contribution in [-0.2, 0) is 0 Å². The van der Waals surface area contributed by atoms with E-state index in [-0.39, 0.29) is 12.4 Å². The van der Waals surface area contributed by atoms with E-state index in [1.807, 2.05) is 0 Å². The molecule has 9 heteroatoms. The second-order valence-corrected chi connectivity index (χ2v) is 2.72. The minimum atomic E-state index is -4.47. The van der Waals surface area contributed by atoms with Crippen LogP contribution in [0.25, 0.3) is 0 Å². The zero-order chi connectivity index (χ0) is 12.1. The van der Waals surface area contributed by atoms with Gasteiger partial charge in [-0.25, -0.2) is 4.79 Å². The van der Waals surface area contributed by atoms with Crippen molar-refractivity contribution < 1.29 is 23.2 Å². The van der Waals surface area contributed by atoms with Crippen LogP contribution in [0, 0.1) is 0 Å². The highest BCUT2D eigenvalue weighted by atomic mass is 19.4. The van der Waals surface area contributed by atoms with Crippen molar-refractivity contribution in [3.63, 3.8) is 0 Å². The lowest BCUT2D eigenvalue weighted by atomic mass is 10.5. The predicted molar refractivity (Wildman–Crippen MR) is 45.5 cm³/mol.